The second-order valence-corrected chi connectivity index (χ2v) is 6.50. The van der Waals surface area contributed by atoms with E-state index in [1.165, 1.54) is 33.0 Å². The second-order valence-electron chi connectivity index (χ2n) is 6.50. The molecule has 1 atom stereocenters. The van der Waals surface area contributed by atoms with Crippen LogP contribution in [0.25, 0.3) is 10.8 Å². The Morgan fingerprint density at radius 3 is 2.55 bits per heavy atom. The quantitative estimate of drug-likeness (QED) is 0.618. The van der Waals surface area contributed by atoms with Gasteiger partial charge in [0.25, 0.3) is 0 Å². The van der Waals surface area contributed by atoms with Crippen LogP contribution in [0.15, 0.2) is 59.7 Å². The molecule has 102 valence electrons. The Morgan fingerprint density at radius 1 is 1.00 bits per heavy atom. The van der Waals surface area contributed by atoms with E-state index in [0.717, 1.165) is 6.42 Å². The van der Waals surface area contributed by atoms with Crippen LogP contribution in [0.1, 0.15) is 38.3 Å². The van der Waals surface area contributed by atoms with E-state index in [2.05, 4.69) is 76.2 Å². The molecule has 20 heavy (non-hydrogen) atoms. The molecule has 0 amide bonds. The third-order valence-corrected chi connectivity index (χ3v) is 4.32. The van der Waals surface area contributed by atoms with Crippen molar-refractivity contribution in [1.29, 1.82) is 0 Å². The molecule has 1 aliphatic rings. The Hall–Kier alpha value is -1.82. The van der Waals surface area contributed by atoms with Crippen LogP contribution >= 0.6 is 0 Å². The molecule has 0 heteroatoms. The maximum absolute atomic E-state index is 2.43. The molecule has 0 spiro atoms. The molecular formula is C20H22. The van der Waals surface area contributed by atoms with Gasteiger partial charge in [0.05, 0.1) is 0 Å². The summed E-state index contributed by atoms with van der Waals surface area (Å²) in [5.74, 6) is 0. The monoisotopic (exact) mass is 262 g/mol. The molecule has 0 heterocycles. The number of hydrogen-bond donors (Lipinski definition) is 0. The van der Waals surface area contributed by atoms with Gasteiger partial charge in [-0.1, -0.05) is 72.2 Å². The highest BCUT2D eigenvalue weighted by Crippen LogP contribution is 2.40. The average molecular weight is 262 g/mol. The molecular weight excluding hydrogens is 240 g/mol. The van der Waals surface area contributed by atoms with Crippen molar-refractivity contribution >= 4 is 10.8 Å². The lowest BCUT2D eigenvalue weighted by Crippen LogP contribution is -2.22. The van der Waals surface area contributed by atoms with Gasteiger partial charge in [-0.05, 0) is 43.5 Å². The molecule has 0 nitrogen and oxygen atoms in total. The van der Waals surface area contributed by atoms with Gasteiger partial charge in [0, 0.05) is 5.41 Å². The largest absolute Gasteiger partial charge is 0.0719 e. The van der Waals surface area contributed by atoms with Gasteiger partial charge in [0.15, 0.2) is 0 Å². The first-order chi connectivity index (χ1) is 9.48. The van der Waals surface area contributed by atoms with Crippen LogP contribution in [0.2, 0.25) is 0 Å². The molecule has 0 aliphatic heterocycles. The van der Waals surface area contributed by atoms with Crippen LogP contribution < -0.4 is 0 Å². The summed E-state index contributed by atoms with van der Waals surface area (Å²) in [4.78, 5) is 0. The fraction of sp³-hybridized carbons (Fsp3) is 0.300. The van der Waals surface area contributed by atoms with Crippen LogP contribution in [0, 0.1) is 6.92 Å². The SMILES string of the molecule is CC1=CC(C)(c2cccc3ccc(C)cc23)CC(C)=C1. The standard InChI is InChI=1S/C20H22/c1-14-8-9-17-6-5-7-19(18(17)11-14)20(4)12-15(2)10-16(3)13-20/h5-12H,13H2,1-4H3. The van der Waals surface area contributed by atoms with Crippen molar-refractivity contribution in [3.63, 3.8) is 0 Å². The predicted molar refractivity (Wildman–Crippen MR) is 88.2 cm³/mol. The van der Waals surface area contributed by atoms with E-state index in [9.17, 15) is 0 Å². The number of allylic oxidation sites excluding steroid dienone is 4. The summed E-state index contributed by atoms with van der Waals surface area (Å²) in [6, 6.07) is 13.5. The minimum Gasteiger partial charge on any atom is -0.0719 e. The van der Waals surface area contributed by atoms with E-state index in [1.807, 2.05) is 0 Å². The number of fused-ring (bicyclic) bond motifs is 1. The van der Waals surface area contributed by atoms with E-state index in [1.54, 1.807) is 0 Å². The number of rotatable bonds is 1. The van der Waals surface area contributed by atoms with Gasteiger partial charge < -0.3 is 0 Å². The first kappa shape index (κ1) is 13.2. The van der Waals surface area contributed by atoms with Gasteiger partial charge in [-0.25, -0.2) is 0 Å². The van der Waals surface area contributed by atoms with Crippen LogP contribution in [-0.2, 0) is 5.41 Å². The summed E-state index contributed by atoms with van der Waals surface area (Å²) in [7, 11) is 0. The summed E-state index contributed by atoms with van der Waals surface area (Å²) in [5, 5.41) is 2.74. The highest BCUT2D eigenvalue weighted by atomic mass is 14.3. The Balaban J connectivity index is 2.25. The van der Waals surface area contributed by atoms with Crippen LogP contribution in [0.3, 0.4) is 0 Å². The zero-order valence-electron chi connectivity index (χ0n) is 12.8. The fourth-order valence-electron chi connectivity index (χ4n) is 3.67. The van der Waals surface area contributed by atoms with Gasteiger partial charge >= 0.3 is 0 Å². The van der Waals surface area contributed by atoms with Crippen molar-refractivity contribution in [2.45, 2.75) is 39.5 Å². The summed E-state index contributed by atoms with van der Waals surface area (Å²) >= 11 is 0. The summed E-state index contributed by atoms with van der Waals surface area (Å²) in [5.41, 5.74) is 5.73. The Morgan fingerprint density at radius 2 is 1.80 bits per heavy atom. The van der Waals surface area contributed by atoms with Crippen LogP contribution in [0.5, 0.6) is 0 Å². The molecule has 3 rings (SSSR count). The normalized spacial score (nSPS) is 22.6. The zero-order chi connectivity index (χ0) is 14.3. The Labute approximate surface area is 121 Å². The van der Waals surface area contributed by atoms with Gasteiger partial charge in [0.1, 0.15) is 0 Å². The molecule has 0 fully saturated rings. The lowest BCUT2D eigenvalue weighted by Gasteiger charge is -2.32. The number of benzene rings is 2. The van der Waals surface area contributed by atoms with Gasteiger partial charge in [-0.15, -0.1) is 0 Å². The molecule has 0 radical (unpaired) electrons. The van der Waals surface area contributed by atoms with E-state index < -0.39 is 0 Å². The zero-order valence-corrected chi connectivity index (χ0v) is 12.8. The summed E-state index contributed by atoms with van der Waals surface area (Å²) in [6.45, 7) is 8.98. The van der Waals surface area contributed by atoms with Gasteiger partial charge in [-0.3, -0.25) is 0 Å². The second kappa shape index (κ2) is 4.63. The summed E-state index contributed by atoms with van der Waals surface area (Å²) < 4.78 is 0. The first-order valence-electron chi connectivity index (χ1n) is 7.34. The van der Waals surface area contributed by atoms with E-state index in [4.69, 9.17) is 0 Å². The Bertz CT molecular complexity index is 731. The van der Waals surface area contributed by atoms with Crippen molar-refractivity contribution in [2.75, 3.05) is 0 Å². The third kappa shape index (κ3) is 2.20. The minimum absolute atomic E-state index is 0.107. The fourth-order valence-corrected chi connectivity index (χ4v) is 3.67. The molecule has 2 aromatic carbocycles. The average Bonchev–Trinajstić information content (AvgIpc) is 2.36. The van der Waals surface area contributed by atoms with Crippen molar-refractivity contribution in [2.24, 2.45) is 0 Å². The summed E-state index contributed by atoms with van der Waals surface area (Å²) in [6.07, 6.45) is 5.84. The van der Waals surface area contributed by atoms with E-state index >= 15 is 0 Å². The number of hydrogen-bond acceptors (Lipinski definition) is 0. The van der Waals surface area contributed by atoms with E-state index in [-0.39, 0.29) is 5.41 Å². The highest BCUT2D eigenvalue weighted by molar-refractivity contribution is 5.87. The Kier molecular flexibility index (Phi) is 3.05. The molecule has 1 aliphatic carbocycles. The first-order valence-corrected chi connectivity index (χ1v) is 7.34. The number of aryl methyl sites for hydroxylation is 1. The molecule has 2 aromatic rings. The molecule has 0 bridgehead atoms. The smallest absolute Gasteiger partial charge is 0.0152 e. The minimum atomic E-state index is 0.107. The lowest BCUT2D eigenvalue weighted by atomic mass is 9.72. The highest BCUT2D eigenvalue weighted by Gasteiger charge is 2.28. The van der Waals surface area contributed by atoms with Crippen LogP contribution in [0.4, 0.5) is 0 Å². The molecule has 0 aromatic heterocycles. The van der Waals surface area contributed by atoms with Crippen molar-refractivity contribution in [3.05, 3.63) is 70.8 Å². The third-order valence-electron chi connectivity index (χ3n) is 4.32. The molecule has 1 unspecified atom stereocenters. The molecule has 0 saturated heterocycles. The van der Waals surface area contributed by atoms with Gasteiger partial charge in [-0.2, -0.15) is 0 Å². The van der Waals surface area contributed by atoms with Crippen molar-refractivity contribution in [3.8, 4) is 0 Å². The van der Waals surface area contributed by atoms with Crippen molar-refractivity contribution in [1.82, 2.24) is 0 Å². The van der Waals surface area contributed by atoms with Crippen LogP contribution in [-0.4, -0.2) is 0 Å². The topological polar surface area (TPSA) is 0 Å². The molecule has 0 saturated carbocycles. The van der Waals surface area contributed by atoms with Crippen molar-refractivity contribution < 1.29 is 0 Å². The van der Waals surface area contributed by atoms with E-state index in [0.29, 0.717) is 0 Å². The lowest BCUT2D eigenvalue weighted by molar-refractivity contribution is 0.581. The maximum Gasteiger partial charge on any atom is 0.0152 e. The maximum atomic E-state index is 2.43. The molecule has 0 N–H and O–H groups in total. The predicted octanol–water partition coefficient (Wildman–Crippen LogP) is 5.70. The van der Waals surface area contributed by atoms with Gasteiger partial charge in [0.2, 0.25) is 0 Å².